The normalized spacial score (nSPS) is 18.7. The second-order valence-electron chi connectivity index (χ2n) is 7.44. The van der Waals surface area contributed by atoms with Crippen molar-refractivity contribution in [3.05, 3.63) is 65.0 Å². The molecule has 1 fully saturated rings. The highest BCUT2D eigenvalue weighted by Crippen LogP contribution is 2.29. The van der Waals surface area contributed by atoms with E-state index in [1.54, 1.807) is 30.5 Å². The maximum atomic E-state index is 14.5. The second-order valence-corrected chi connectivity index (χ2v) is 7.44. The van der Waals surface area contributed by atoms with Gasteiger partial charge in [-0.3, -0.25) is 9.59 Å². The smallest absolute Gasteiger partial charge is 0.306 e. The van der Waals surface area contributed by atoms with Crippen molar-refractivity contribution in [1.29, 1.82) is 0 Å². The first kappa shape index (κ1) is 19.8. The number of benzene rings is 1. The third kappa shape index (κ3) is 4.37. The summed E-state index contributed by atoms with van der Waals surface area (Å²) in [6.07, 6.45) is 5.29. The number of hydrogen-bond acceptors (Lipinski definition) is 5. The molecule has 8 heteroatoms. The molecule has 0 radical (unpaired) electrons. The fourth-order valence-electron chi connectivity index (χ4n) is 3.78. The predicted molar refractivity (Wildman–Crippen MR) is 110 cm³/mol. The molecule has 0 amide bonds. The Balaban J connectivity index is 1.56. The topological polar surface area (TPSA) is 108 Å². The van der Waals surface area contributed by atoms with Gasteiger partial charge in [0.05, 0.1) is 12.1 Å². The molecule has 1 aliphatic rings. The molecule has 2 aromatic heterocycles. The van der Waals surface area contributed by atoms with Gasteiger partial charge in [0, 0.05) is 23.9 Å². The first-order chi connectivity index (χ1) is 14.5. The van der Waals surface area contributed by atoms with Crippen LogP contribution in [0.1, 0.15) is 25.7 Å². The highest BCUT2D eigenvalue weighted by Gasteiger charge is 2.26. The number of rotatable bonds is 5. The van der Waals surface area contributed by atoms with Crippen LogP contribution in [0.25, 0.3) is 22.4 Å². The van der Waals surface area contributed by atoms with E-state index in [0.717, 1.165) is 17.3 Å². The third-order valence-electron chi connectivity index (χ3n) is 5.40. The van der Waals surface area contributed by atoms with Crippen LogP contribution in [-0.4, -0.2) is 32.1 Å². The molecule has 0 bridgehead atoms. The Labute approximate surface area is 172 Å². The van der Waals surface area contributed by atoms with E-state index in [4.69, 9.17) is 5.11 Å². The maximum absolute atomic E-state index is 14.5. The molecule has 2 heterocycles. The molecule has 0 spiro atoms. The summed E-state index contributed by atoms with van der Waals surface area (Å²) in [4.78, 5) is 33.7. The number of anilines is 1. The monoisotopic (exact) mass is 408 g/mol. The summed E-state index contributed by atoms with van der Waals surface area (Å²) in [5.41, 5.74) is 2.03. The zero-order chi connectivity index (χ0) is 21.1. The van der Waals surface area contributed by atoms with Crippen molar-refractivity contribution < 1.29 is 14.3 Å². The van der Waals surface area contributed by atoms with Gasteiger partial charge in [0.15, 0.2) is 5.82 Å². The van der Waals surface area contributed by atoms with Crippen LogP contribution in [0.3, 0.4) is 0 Å². The van der Waals surface area contributed by atoms with E-state index in [1.165, 1.54) is 6.07 Å². The molecule has 0 atom stereocenters. The quantitative estimate of drug-likeness (QED) is 0.594. The standard InChI is InChI=1S/C22H21FN4O3/c23-18-12-25-22(26-17-6-4-13(5-7-17)21(29)30)27-20(18)16-3-1-2-14(10-16)15-8-9-24-19(28)11-15/h1-3,8-13,17H,4-7H2,(H,24,28)(H,29,30)(H,25,26,27). The molecule has 3 aromatic rings. The first-order valence-corrected chi connectivity index (χ1v) is 9.81. The number of carbonyl (C=O) groups is 1. The van der Waals surface area contributed by atoms with Crippen molar-refractivity contribution in [2.75, 3.05) is 5.32 Å². The average molecular weight is 408 g/mol. The van der Waals surface area contributed by atoms with Crippen molar-refractivity contribution in [2.24, 2.45) is 5.92 Å². The van der Waals surface area contributed by atoms with Gasteiger partial charge in [-0.05, 0) is 48.9 Å². The number of H-pyrrole nitrogens is 1. The Morgan fingerprint density at radius 3 is 2.57 bits per heavy atom. The zero-order valence-electron chi connectivity index (χ0n) is 16.1. The molecule has 3 N–H and O–H groups in total. The van der Waals surface area contributed by atoms with E-state index in [9.17, 15) is 14.0 Å². The largest absolute Gasteiger partial charge is 0.481 e. The van der Waals surface area contributed by atoms with Gasteiger partial charge >= 0.3 is 5.97 Å². The number of halogens is 1. The van der Waals surface area contributed by atoms with E-state index < -0.39 is 11.8 Å². The van der Waals surface area contributed by atoms with Crippen molar-refractivity contribution >= 4 is 11.9 Å². The number of nitrogens with one attached hydrogen (secondary N) is 2. The molecule has 1 saturated carbocycles. The fraction of sp³-hybridized carbons (Fsp3) is 0.273. The van der Waals surface area contributed by atoms with Crippen LogP contribution in [0.15, 0.2) is 53.6 Å². The lowest BCUT2D eigenvalue weighted by molar-refractivity contribution is -0.142. The SMILES string of the molecule is O=C(O)C1CCC(Nc2ncc(F)c(-c3cccc(-c4cc[nH]c(=O)c4)c3)n2)CC1. The lowest BCUT2D eigenvalue weighted by Crippen LogP contribution is -2.29. The van der Waals surface area contributed by atoms with Gasteiger partial charge in [-0.25, -0.2) is 14.4 Å². The number of carboxylic acids is 1. The molecule has 1 aromatic carbocycles. The van der Waals surface area contributed by atoms with E-state index in [1.807, 2.05) is 6.07 Å². The minimum Gasteiger partial charge on any atom is -0.481 e. The molecule has 4 rings (SSSR count). The van der Waals surface area contributed by atoms with Gasteiger partial charge < -0.3 is 15.4 Å². The van der Waals surface area contributed by atoms with Crippen LogP contribution in [0.5, 0.6) is 0 Å². The molecule has 0 saturated heterocycles. The summed E-state index contributed by atoms with van der Waals surface area (Å²) in [5.74, 6) is -1.29. The van der Waals surface area contributed by atoms with E-state index in [2.05, 4.69) is 20.3 Å². The fourth-order valence-corrected chi connectivity index (χ4v) is 3.78. The lowest BCUT2D eigenvalue weighted by atomic mass is 9.86. The Kier molecular flexibility index (Phi) is 5.56. The predicted octanol–water partition coefficient (Wildman–Crippen LogP) is 3.69. The number of aromatic amines is 1. The Morgan fingerprint density at radius 1 is 1.10 bits per heavy atom. The number of nitrogens with zero attached hydrogens (tertiary/aromatic N) is 2. The van der Waals surface area contributed by atoms with Crippen molar-refractivity contribution in [1.82, 2.24) is 15.0 Å². The van der Waals surface area contributed by atoms with E-state index in [-0.39, 0.29) is 23.2 Å². The summed E-state index contributed by atoms with van der Waals surface area (Å²) >= 11 is 0. The lowest BCUT2D eigenvalue weighted by Gasteiger charge is -2.26. The van der Waals surface area contributed by atoms with Crippen LogP contribution >= 0.6 is 0 Å². The molecular formula is C22H21FN4O3. The Bertz CT molecular complexity index is 1120. The van der Waals surface area contributed by atoms with Crippen LogP contribution in [0.2, 0.25) is 0 Å². The summed E-state index contributed by atoms with van der Waals surface area (Å²) < 4.78 is 14.5. The maximum Gasteiger partial charge on any atom is 0.306 e. The number of hydrogen-bond donors (Lipinski definition) is 3. The van der Waals surface area contributed by atoms with Crippen molar-refractivity contribution in [3.63, 3.8) is 0 Å². The zero-order valence-corrected chi connectivity index (χ0v) is 16.1. The highest BCUT2D eigenvalue weighted by atomic mass is 19.1. The molecule has 1 aliphatic carbocycles. The van der Waals surface area contributed by atoms with E-state index >= 15 is 0 Å². The van der Waals surface area contributed by atoms with Crippen LogP contribution in [0, 0.1) is 11.7 Å². The summed E-state index contributed by atoms with van der Waals surface area (Å²) in [6, 6.07) is 10.5. The molecule has 154 valence electrons. The third-order valence-corrected chi connectivity index (χ3v) is 5.40. The molecule has 0 unspecified atom stereocenters. The number of carboxylic acid groups (broad SMARTS) is 1. The van der Waals surface area contributed by atoms with E-state index in [0.29, 0.717) is 37.2 Å². The first-order valence-electron chi connectivity index (χ1n) is 9.81. The second kappa shape index (κ2) is 8.44. The average Bonchev–Trinajstić information content (AvgIpc) is 2.75. The number of aromatic nitrogens is 3. The summed E-state index contributed by atoms with van der Waals surface area (Å²) in [7, 11) is 0. The van der Waals surface area contributed by atoms with Gasteiger partial charge in [-0.2, -0.15) is 0 Å². The van der Waals surface area contributed by atoms with Gasteiger partial charge in [0.25, 0.3) is 0 Å². The highest BCUT2D eigenvalue weighted by molar-refractivity contribution is 5.72. The minimum atomic E-state index is -0.756. The Morgan fingerprint density at radius 2 is 1.83 bits per heavy atom. The van der Waals surface area contributed by atoms with Crippen LogP contribution in [0.4, 0.5) is 10.3 Å². The van der Waals surface area contributed by atoms with Gasteiger partial charge in [0.1, 0.15) is 5.69 Å². The van der Waals surface area contributed by atoms with Crippen LogP contribution in [-0.2, 0) is 4.79 Å². The molecule has 30 heavy (non-hydrogen) atoms. The molecular weight excluding hydrogens is 387 g/mol. The van der Waals surface area contributed by atoms with Crippen molar-refractivity contribution in [3.8, 4) is 22.4 Å². The van der Waals surface area contributed by atoms with Gasteiger partial charge in [-0.15, -0.1) is 0 Å². The Hall–Kier alpha value is -3.55. The summed E-state index contributed by atoms with van der Waals surface area (Å²) in [6.45, 7) is 0. The molecule has 0 aliphatic heterocycles. The molecule has 7 nitrogen and oxygen atoms in total. The van der Waals surface area contributed by atoms with Gasteiger partial charge in [0.2, 0.25) is 11.5 Å². The summed E-state index contributed by atoms with van der Waals surface area (Å²) in [5, 5.41) is 12.3. The minimum absolute atomic E-state index is 0.0567. The number of pyridine rings is 1. The van der Waals surface area contributed by atoms with Crippen molar-refractivity contribution in [2.45, 2.75) is 31.7 Å². The van der Waals surface area contributed by atoms with Gasteiger partial charge in [-0.1, -0.05) is 18.2 Å². The van der Waals surface area contributed by atoms with Crippen LogP contribution < -0.4 is 10.9 Å². The number of aliphatic carboxylic acids is 1.